The number of hydrogen-bond acceptors (Lipinski definition) is 4. The zero-order valence-electron chi connectivity index (χ0n) is 14.7. The molecule has 0 heterocycles. The number of hydrogen-bond donors (Lipinski definition) is 1. The SMILES string of the molecule is CC(=O)c1ccc(S(=O)(=O)NC(=O)c2ccc(C(C)(C)C)cc2)cc1. The van der Waals surface area contributed by atoms with Crippen LogP contribution in [0.25, 0.3) is 0 Å². The summed E-state index contributed by atoms with van der Waals surface area (Å²) in [5, 5.41) is 0. The predicted octanol–water partition coefficient (Wildman–Crippen LogP) is 3.31. The summed E-state index contributed by atoms with van der Waals surface area (Å²) >= 11 is 0. The van der Waals surface area contributed by atoms with E-state index in [0.717, 1.165) is 5.56 Å². The lowest BCUT2D eigenvalue weighted by Crippen LogP contribution is -2.30. The van der Waals surface area contributed by atoms with Gasteiger partial charge in [0.15, 0.2) is 5.78 Å². The van der Waals surface area contributed by atoms with Gasteiger partial charge in [-0.3, -0.25) is 9.59 Å². The molecule has 0 aliphatic heterocycles. The average Bonchev–Trinajstić information content (AvgIpc) is 2.54. The second kappa shape index (κ2) is 6.80. The van der Waals surface area contributed by atoms with E-state index in [1.165, 1.54) is 31.2 Å². The van der Waals surface area contributed by atoms with Crippen LogP contribution in [-0.4, -0.2) is 20.1 Å². The van der Waals surface area contributed by atoms with Crippen LogP contribution in [0.2, 0.25) is 0 Å². The highest BCUT2D eigenvalue weighted by Crippen LogP contribution is 2.22. The summed E-state index contributed by atoms with van der Waals surface area (Å²) in [4.78, 5) is 23.4. The Morgan fingerprint density at radius 1 is 0.840 bits per heavy atom. The average molecular weight is 359 g/mol. The molecule has 0 saturated heterocycles. The highest BCUT2D eigenvalue weighted by atomic mass is 32.2. The third-order valence-electron chi connectivity index (χ3n) is 3.81. The molecule has 2 rings (SSSR count). The van der Waals surface area contributed by atoms with Gasteiger partial charge in [-0.15, -0.1) is 0 Å². The molecule has 2 aromatic carbocycles. The predicted molar refractivity (Wildman–Crippen MR) is 96.2 cm³/mol. The fourth-order valence-corrected chi connectivity index (χ4v) is 3.20. The highest BCUT2D eigenvalue weighted by molar-refractivity contribution is 7.90. The Balaban J connectivity index is 2.19. The monoisotopic (exact) mass is 359 g/mol. The van der Waals surface area contributed by atoms with Gasteiger partial charge in [-0.25, -0.2) is 13.1 Å². The first-order valence-corrected chi connectivity index (χ1v) is 9.28. The molecule has 0 spiro atoms. The number of ketones is 1. The first-order chi connectivity index (χ1) is 11.5. The molecule has 5 nitrogen and oxygen atoms in total. The Morgan fingerprint density at radius 2 is 1.32 bits per heavy atom. The van der Waals surface area contributed by atoms with Crippen molar-refractivity contribution >= 4 is 21.7 Å². The van der Waals surface area contributed by atoms with Crippen LogP contribution in [0.4, 0.5) is 0 Å². The first-order valence-electron chi connectivity index (χ1n) is 7.79. The minimum Gasteiger partial charge on any atom is -0.295 e. The Labute approximate surface area is 148 Å². The molecule has 132 valence electrons. The molecule has 2 aromatic rings. The van der Waals surface area contributed by atoms with Gasteiger partial charge < -0.3 is 0 Å². The maximum absolute atomic E-state index is 12.3. The quantitative estimate of drug-likeness (QED) is 0.849. The number of Topliss-reactive ketones (excluding diaryl/α,β-unsaturated/α-hetero) is 1. The van der Waals surface area contributed by atoms with Crippen molar-refractivity contribution in [2.45, 2.75) is 38.0 Å². The van der Waals surface area contributed by atoms with Crippen molar-refractivity contribution in [3.05, 3.63) is 65.2 Å². The van der Waals surface area contributed by atoms with E-state index in [1.807, 2.05) is 16.9 Å². The molecule has 0 aliphatic rings. The van der Waals surface area contributed by atoms with E-state index in [9.17, 15) is 18.0 Å². The fourth-order valence-electron chi connectivity index (χ4n) is 2.23. The van der Waals surface area contributed by atoms with Crippen LogP contribution in [0.1, 0.15) is 54.0 Å². The molecule has 0 aliphatic carbocycles. The summed E-state index contributed by atoms with van der Waals surface area (Å²) in [7, 11) is -4.00. The number of carbonyl (C=O) groups is 2. The summed E-state index contributed by atoms with van der Waals surface area (Å²) in [6, 6.07) is 12.3. The van der Waals surface area contributed by atoms with Gasteiger partial charge in [-0.2, -0.15) is 0 Å². The number of amides is 1. The van der Waals surface area contributed by atoms with Gasteiger partial charge in [0, 0.05) is 11.1 Å². The summed E-state index contributed by atoms with van der Waals surface area (Å²) in [6.45, 7) is 7.55. The lowest BCUT2D eigenvalue weighted by molar-refractivity contribution is 0.0979. The maximum Gasteiger partial charge on any atom is 0.264 e. The van der Waals surface area contributed by atoms with Crippen molar-refractivity contribution in [1.82, 2.24) is 4.72 Å². The van der Waals surface area contributed by atoms with Crippen LogP contribution >= 0.6 is 0 Å². The molecule has 0 aromatic heterocycles. The zero-order chi connectivity index (χ0) is 18.8. The van der Waals surface area contributed by atoms with Gasteiger partial charge in [0.1, 0.15) is 0 Å². The lowest BCUT2D eigenvalue weighted by atomic mass is 9.87. The van der Waals surface area contributed by atoms with E-state index in [2.05, 4.69) is 20.8 Å². The molecule has 0 bridgehead atoms. The molecule has 6 heteroatoms. The van der Waals surface area contributed by atoms with E-state index in [-0.39, 0.29) is 21.7 Å². The Hall–Kier alpha value is -2.47. The van der Waals surface area contributed by atoms with E-state index >= 15 is 0 Å². The number of carbonyl (C=O) groups excluding carboxylic acids is 2. The zero-order valence-corrected chi connectivity index (χ0v) is 15.5. The third kappa shape index (κ3) is 4.54. The van der Waals surface area contributed by atoms with Gasteiger partial charge in [0.25, 0.3) is 15.9 Å². The molecule has 25 heavy (non-hydrogen) atoms. The Kier molecular flexibility index (Phi) is 5.13. The van der Waals surface area contributed by atoms with E-state index < -0.39 is 15.9 Å². The van der Waals surface area contributed by atoms with Gasteiger partial charge in [0.05, 0.1) is 4.90 Å². The minimum atomic E-state index is -4.00. The van der Waals surface area contributed by atoms with E-state index in [1.54, 1.807) is 12.1 Å². The normalized spacial score (nSPS) is 11.8. The van der Waals surface area contributed by atoms with E-state index in [4.69, 9.17) is 0 Å². The van der Waals surface area contributed by atoms with Gasteiger partial charge in [-0.05, 0) is 42.2 Å². The first kappa shape index (κ1) is 18.9. The highest BCUT2D eigenvalue weighted by Gasteiger charge is 2.20. The van der Waals surface area contributed by atoms with Crippen LogP contribution in [0.5, 0.6) is 0 Å². The number of sulfonamides is 1. The number of benzene rings is 2. The number of rotatable bonds is 4. The topological polar surface area (TPSA) is 80.3 Å². The third-order valence-corrected chi connectivity index (χ3v) is 5.16. The standard InChI is InChI=1S/C19H21NO4S/c1-13(21)14-7-11-17(12-8-14)25(23,24)20-18(22)15-5-9-16(10-6-15)19(2,3)4/h5-12H,1-4H3,(H,20,22). The molecule has 0 saturated carbocycles. The van der Waals surface area contributed by atoms with Crippen molar-refractivity contribution in [3.8, 4) is 0 Å². The second-order valence-corrected chi connectivity index (χ2v) is 8.52. The van der Waals surface area contributed by atoms with Crippen LogP contribution in [-0.2, 0) is 15.4 Å². The van der Waals surface area contributed by atoms with Crippen LogP contribution in [0, 0.1) is 0 Å². The summed E-state index contributed by atoms with van der Waals surface area (Å²) < 4.78 is 26.7. The Morgan fingerprint density at radius 3 is 1.76 bits per heavy atom. The fraction of sp³-hybridized carbons (Fsp3) is 0.263. The molecule has 1 amide bonds. The number of nitrogens with one attached hydrogen (secondary N) is 1. The molecule has 1 N–H and O–H groups in total. The van der Waals surface area contributed by atoms with Gasteiger partial charge in [0.2, 0.25) is 0 Å². The second-order valence-electron chi connectivity index (χ2n) is 6.84. The summed E-state index contributed by atoms with van der Waals surface area (Å²) in [6.07, 6.45) is 0. The lowest BCUT2D eigenvalue weighted by Gasteiger charge is -2.19. The summed E-state index contributed by atoms with van der Waals surface area (Å²) in [5.41, 5.74) is 1.66. The molecule has 0 unspecified atom stereocenters. The minimum absolute atomic E-state index is 0.0560. The maximum atomic E-state index is 12.3. The molecular weight excluding hydrogens is 338 g/mol. The van der Waals surface area contributed by atoms with Crippen molar-refractivity contribution < 1.29 is 18.0 Å². The Bertz CT molecular complexity index is 890. The van der Waals surface area contributed by atoms with Crippen molar-refractivity contribution in [3.63, 3.8) is 0 Å². The van der Waals surface area contributed by atoms with Crippen molar-refractivity contribution in [1.29, 1.82) is 0 Å². The largest absolute Gasteiger partial charge is 0.295 e. The van der Waals surface area contributed by atoms with Crippen molar-refractivity contribution in [2.75, 3.05) is 0 Å². The van der Waals surface area contributed by atoms with Crippen LogP contribution < -0.4 is 4.72 Å². The van der Waals surface area contributed by atoms with Crippen LogP contribution in [0.3, 0.4) is 0 Å². The molecule has 0 radical (unpaired) electrons. The molecule has 0 atom stereocenters. The van der Waals surface area contributed by atoms with Gasteiger partial charge >= 0.3 is 0 Å². The van der Waals surface area contributed by atoms with Crippen LogP contribution in [0.15, 0.2) is 53.4 Å². The van der Waals surface area contributed by atoms with Gasteiger partial charge in [-0.1, -0.05) is 45.0 Å². The molecule has 0 fully saturated rings. The van der Waals surface area contributed by atoms with Crippen molar-refractivity contribution in [2.24, 2.45) is 0 Å². The summed E-state index contributed by atoms with van der Waals surface area (Å²) in [5.74, 6) is -0.858. The smallest absolute Gasteiger partial charge is 0.264 e. The molecular formula is C19H21NO4S. The van der Waals surface area contributed by atoms with E-state index in [0.29, 0.717) is 5.56 Å².